The van der Waals surface area contributed by atoms with Gasteiger partial charge in [-0.05, 0) is 50.6 Å². The van der Waals surface area contributed by atoms with Crippen LogP contribution in [0.2, 0.25) is 5.02 Å². The van der Waals surface area contributed by atoms with Gasteiger partial charge in [0, 0.05) is 16.6 Å². The van der Waals surface area contributed by atoms with Crippen molar-refractivity contribution in [2.45, 2.75) is 44.9 Å². The molecule has 3 rings (SSSR count). The van der Waals surface area contributed by atoms with E-state index >= 15 is 0 Å². The molecular weight excluding hydrogens is 302 g/mol. The van der Waals surface area contributed by atoms with Crippen molar-refractivity contribution in [1.29, 1.82) is 0 Å². The lowest BCUT2D eigenvalue weighted by Gasteiger charge is -2.36. The van der Waals surface area contributed by atoms with Crippen molar-refractivity contribution in [3.05, 3.63) is 35.2 Å². The van der Waals surface area contributed by atoms with E-state index in [9.17, 15) is 5.11 Å². The summed E-state index contributed by atoms with van der Waals surface area (Å²) >= 11 is 5.88. The van der Waals surface area contributed by atoms with Crippen molar-refractivity contribution in [3.8, 4) is 11.5 Å². The smallest absolute Gasteiger partial charge is 0.247 e. The van der Waals surface area contributed by atoms with Crippen LogP contribution in [0.25, 0.3) is 11.5 Å². The number of benzene rings is 1. The van der Waals surface area contributed by atoms with Crippen LogP contribution in [0.1, 0.15) is 32.1 Å². The lowest BCUT2D eigenvalue weighted by atomic mass is 9.98. The zero-order valence-corrected chi connectivity index (χ0v) is 13.3. The molecule has 2 heterocycles. The Bertz CT molecular complexity index is 612. The molecular formula is C16H20ClN3O2. The highest BCUT2D eigenvalue weighted by Gasteiger charge is 2.27. The number of nitrogens with zero attached hydrogens (tertiary/aromatic N) is 3. The van der Waals surface area contributed by atoms with E-state index in [0.717, 1.165) is 31.4 Å². The van der Waals surface area contributed by atoms with E-state index in [0.29, 0.717) is 23.3 Å². The largest absolute Gasteiger partial charge is 0.419 e. The van der Waals surface area contributed by atoms with Crippen molar-refractivity contribution >= 4 is 11.6 Å². The van der Waals surface area contributed by atoms with E-state index in [2.05, 4.69) is 15.1 Å². The molecule has 1 fully saturated rings. The van der Waals surface area contributed by atoms with Crippen molar-refractivity contribution in [1.82, 2.24) is 15.1 Å². The summed E-state index contributed by atoms with van der Waals surface area (Å²) in [5.74, 6) is 1.08. The maximum absolute atomic E-state index is 9.91. The summed E-state index contributed by atoms with van der Waals surface area (Å²) in [6.07, 6.45) is 2.96. The van der Waals surface area contributed by atoms with Gasteiger partial charge in [-0.25, -0.2) is 0 Å². The van der Waals surface area contributed by atoms with Gasteiger partial charge in [0.1, 0.15) is 0 Å². The van der Waals surface area contributed by atoms with E-state index in [1.54, 1.807) is 12.1 Å². The van der Waals surface area contributed by atoms with Crippen molar-refractivity contribution in [3.63, 3.8) is 0 Å². The summed E-state index contributed by atoms with van der Waals surface area (Å²) < 4.78 is 5.75. The monoisotopic (exact) mass is 321 g/mol. The number of aliphatic hydroxyl groups is 1. The molecule has 118 valence electrons. The second-order valence-electron chi connectivity index (χ2n) is 5.78. The van der Waals surface area contributed by atoms with Crippen LogP contribution in [0, 0.1) is 0 Å². The molecule has 22 heavy (non-hydrogen) atoms. The van der Waals surface area contributed by atoms with Crippen molar-refractivity contribution < 1.29 is 9.52 Å². The molecule has 0 amide bonds. The molecule has 0 aliphatic carbocycles. The first-order valence-corrected chi connectivity index (χ1v) is 8.02. The molecule has 2 aromatic rings. The van der Waals surface area contributed by atoms with Crippen LogP contribution in [0.5, 0.6) is 0 Å². The summed E-state index contributed by atoms with van der Waals surface area (Å²) in [4.78, 5) is 2.23. The van der Waals surface area contributed by atoms with Gasteiger partial charge >= 0.3 is 0 Å². The summed E-state index contributed by atoms with van der Waals surface area (Å²) in [5, 5.41) is 18.8. The highest BCUT2D eigenvalue weighted by molar-refractivity contribution is 6.30. The Morgan fingerprint density at radius 3 is 2.82 bits per heavy atom. The van der Waals surface area contributed by atoms with Crippen LogP contribution in [0.4, 0.5) is 0 Å². The molecule has 0 radical (unpaired) electrons. The normalized spacial score (nSPS) is 21.0. The number of piperidine rings is 1. The highest BCUT2D eigenvalue weighted by Crippen LogP contribution is 2.24. The molecule has 6 heteroatoms. The number of aliphatic hydroxyl groups excluding tert-OH is 1. The Labute approximate surface area is 134 Å². The van der Waals surface area contributed by atoms with Gasteiger partial charge in [0.05, 0.1) is 12.6 Å². The van der Waals surface area contributed by atoms with Crippen LogP contribution in [0.3, 0.4) is 0 Å². The topological polar surface area (TPSA) is 62.4 Å². The first-order valence-electron chi connectivity index (χ1n) is 7.64. The Morgan fingerprint density at radius 2 is 2.09 bits per heavy atom. The average Bonchev–Trinajstić information content (AvgIpc) is 2.97. The van der Waals surface area contributed by atoms with Gasteiger partial charge in [0.25, 0.3) is 0 Å². The fourth-order valence-corrected chi connectivity index (χ4v) is 3.09. The fourth-order valence-electron chi connectivity index (χ4n) is 2.96. The zero-order chi connectivity index (χ0) is 15.5. The van der Waals surface area contributed by atoms with Crippen LogP contribution in [-0.4, -0.2) is 38.9 Å². The van der Waals surface area contributed by atoms with Gasteiger partial charge in [-0.2, -0.15) is 0 Å². The van der Waals surface area contributed by atoms with Gasteiger partial charge in [0.2, 0.25) is 11.8 Å². The second-order valence-corrected chi connectivity index (χ2v) is 6.22. The summed E-state index contributed by atoms with van der Waals surface area (Å²) in [5.41, 5.74) is 0.855. The van der Waals surface area contributed by atoms with Gasteiger partial charge in [-0.15, -0.1) is 10.2 Å². The van der Waals surface area contributed by atoms with Gasteiger partial charge in [-0.1, -0.05) is 18.0 Å². The molecule has 2 unspecified atom stereocenters. The standard InChI is InChI=1S/C16H20ClN3O2/c1-11(21)14-4-2-3-9-20(14)10-15-18-19-16(22-15)12-5-7-13(17)8-6-12/h5-8,11,14,21H,2-4,9-10H2,1H3. The van der Waals surface area contributed by atoms with E-state index in [1.807, 2.05) is 19.1 Å². The third-order valence-corrected chi connectivity index (χ3v) is 4.37. The molecule has 0 bridgehead atoms. The molecule has 1 saturated heterocycles. The molecule has 5 nitrogen and oxygen atoms in total. The predicted molar refractivity (Wildman–Crippen MR) is 84.5 cm³/mol. The third-order valence-electron chi connectivity index (χ3n) is 4.12. The Balaban J connectivity index is 1.72. The molecule has 1 aliphatic rings. The summed E-state index contributed by atoms with van der Waals surface area (Å²) in [7, 11) is 0. The van der Waals surface area contributed by atoms with E-state index in [4.69, 9.17) is 16.0 Å². The van der Waals surface area contributed by atoms with Crippen LogP contribution < -0.4 is 0 Å². The van der Waals surface area contributed by atoms with Gasteiger partial charge in [-0.3, -0.25) is 4.90 Å². The maximum Gasteiger partial charge on any atom is 0.247 e. The lowest BCUT2D eigenvalue weighted by Crippen LogP contribution is -2.45. The lowest BCUT2D eigenvalue weighted by molar-refractivity contribution is 0.0271. The second kappa shape index (κ2) is 6.77. The minimum atomic E-state index is -0.348. The number of aromatic nitrogens is 2. The van der Waals surface area contributed by atoms with E-state index in [-0.39, 0.29) is 12.1 Å². The fraction of sp³-hybridized carbons (Fsp3) is 0.500. The van der Waals surface area contributed by atoms with Crippen LogP contribution >= 0.6 is 11.6 Å². The number of halogens is 1. The first-order chi connectivity index (χ1) is 10.6. The summed E-state index contributed by atoms with van der Waals surface area (Å²) in [6, 6.07) is 7.49. The molecule has 1 N–H and O–H groups in total. The number of likely N-dealkylation sites (tertiary alicyclic amines) is 1. The summed E-state index contributed by atoms with van der Waals surface area (Å²) in [6.45, 7) is 3.38. The van der Waals surface area contributed by atoms with Gasteiger partial charge < -0.3 is 9.52 Å². The molecule has 1 aliphatic heterocycles. The number of hydrogen-bond acceptors (Lipinski definition) is 5. The van der Waals surface area contributed by atoms with Crippen LogP contribution in [-0.2, 0) is 6.54 Å². The SMILES string of the molecule is CC(O)C1CCCCN1Cc1nnc(-c2ccc(Cl)cc2)o1. The maximum atomic E-state index is 9.91. The predicted octanol–water partition coefficient (Wildman–Crippen LogP) is 3.13. The first kappa shape index (κ1) is 15.5. The zero-order valence-electron chi connectivity index (χ0n) is 12.6. The number of rotatable bonds is 4. The highest BCUT2D eigenvalue weighted by atomic mass is 35.5. The quantitative estimate of drug-likeness (QED) is 0.937. The molecule has 1 aromatic heterocycles. The third kappa shape index (κ3) is 3.48. The Morgan fingerprint density at radius 1 is 1.32 bits per heavy atom. The van der Waals surface area contributed by atoms with E-state index in [1.165, 1.54) is 0 Å². The minimum Gasteiger partial charge on any atom is -0.419 e. The van der Waals surface area contributed by atoms with Crippen LogP contribution in [0.15, 0.2) is 28.7 Å². The minimum absolute atomic E-state index is 0.166. The molecule has 0 saturated carbocycles. The number of hydrogen-bond donors (Lipinski definition) is 1. The van der Waals surface area contributed by atoms with E-state index < -0.39 is 0 Å². The molecule has 1 aromatic carbocycles. The molecule has 2 atom stereocenters. The Hall–Kier alpha value is -1.43. The Kier molecular flexibility index (Phi) is 4.76. The van der Waals surface area contributed by atoms with Gasteiger partial charge in [0.15, 0.2) is 0 Å². The van der Waals surface area contributed by atoms with Crippen molar-refractivity contribution in [2.75, 3.05) is 6.54 Å². The average molecular weight is 322 g/mol. The molecule has 0 spiro atoms. The van der Waals surface area contributed by atoms with Crippen molar-refractivity contribution in [2.24, 2.45) is 0 Å².